The third-order valence-corrected chi connectivity index (χ3v) is 7.44. The molecule has 3 atom stereocenters. The highest BCUT2D eigenvalue weighted by molar-refractivity contribution is 5.95. The Morgan fingerprint density at radius 2 is 1.80 bits per heavy atom. The number of nitrogens with zero attached hydrogens (tertiary/aromatic N) is 4. The lowest BCUT2D eigenvalue weighted by molar-refractivity contribution is 0.441. The molecule has 0 fully saturated rings. The van der Waals surface area contributed by atoms with E-state index in [1.165, 1.54) is 0 Å². The van der Waals surface area contributed by atoms with Crippen LogP contribution in [0.3, 0.4) is 0 Å². The Hall–Kier alpha value is -3.20. The van der Waals surface area contributed by atoms with Gasteiger partial charge in [0.2, 0.25) is 0 Å². The van der Waals surface area contributed by atoms with E-state index >= 15 is 4.39 Å². The van der Waals surface area contributed by atoms with Crippen molar-refractivity contribution in [3.05, 3.63) is 58.5 Å². The molecule has 35 heavy (non-hydrogen) atoms. The van der Waals surface area contributed by atoms with Crippen LogP contribution in [-0.2, 0) is 0 Å². The maximum atomic E-state index is 15.4. The van der Waals surface area contributed by atoms with Crippen LogP contribution in [0.4, 0.5) is 15.9 Å². The molecule has 2 aromatic carbocycles. The van der Waals surface area contributed by atoms with E-state index in [0.29, 0.717) is 28.7 Å². The number of fused-ring (bicyclic) bond motifs is 1. The molecule has 1 aromatic heterocycles. The molecule has 3 rings (SSSR count). The van der Waals surface area contributed by atoms with Crippen LogP contribution in [-0.4, -0.2) is 23.3 Å². The van der Waals surface area contributed by atoms with Crippen LogP contribution >= 0.6 is 0 Å². The predicted molar refractivity (Wildman–Crippen MR) is 143 cm³/mol. The molecule has 0 radical (unpaired) electrons. The van der Waals surface area contributed by atoms with Crippen LogP contribution in [0.5, 0.6) is 0 Å². The molecule has 0 spiro atoms. The number of aromatic nitrogens is 2. The van der Waals surface area contributed by atoms with Gasteiger partial charge in [-0.05, 0) is 75.3 Å². The summed E-state index contributed by atoms with van der Waals surface area (Å²) in [5.74, 6) is 1.04. The molecule has 0 saturated carbocycles. The number of aryl methyl sites for hydroxylation is 1. The second-order valence-electron chi connectivity index (χ2n) is 9.74. The van der Waals surface area contributed by atoms with Crippen molar-refractivity contribution in [2.75, 3.05) is 17.3 Å². The number of hydrogen-bond acceptors (Lipinski definition) is 5. The molecule has 0 saturated heterocycles. The van der Waals surface area contributed by atoms with E-state index in [9.17, 15) is 5.26 Å². The Kier molecular flexibility index (Phi) is 8.67. The molecule has 1 heterocycles. The zero-order chi connectivity index (χ0) is 25.7. The van der Waals surface area contributed by atoms with Gasteiger partial charge in [0.05, 0.1) is 29.1 Å². The van der Waals surface area contributed by atoms with Crippen molar-refractivity contribution in [3.8, 4) is 6.07 Å². The molecule has 186 valence electrons. The van der Waals surface area contributed by atoms with Crippen molar-refractivity contribution < 1.29 is 4.39 Å². The first-order chi connectivity index (χ1) is 16.7. The van der Waals surface area contributed by atoms with Gasteiger partial charge in [0.15, 0.2) is 5.82 Å². The van der Waals surface area contributed by atoms with E-state index in [-0.39, 0.29) is 17.9 Å². The number of halogens is 1. The Morgan fingerprint density at radius 1 is 1.06 bits per heavy atom. The lowest BCUT2D eigenvalue weighted by Gasteiger charge is -2.31. The molecule has 0 aliphatic carbocycles. The van der Waals surface area contributed by atoms with E-state index in [0.717, 1.165) is 47.6 Å². The standard InChI is InChI=1S/C29H38FN5/c1-8-18(3)13-14-23(9-2)35(7)28-16-26-25(15-27(28)30)21(6)33-34-29(26)32-20(5)24-12-10-11-22(17-31)19(24)4/h10-12,15-16,18,20,23H,8-9,13-14H2,1-7H3,(H,32,34)/t18?,20-,23?/m1/s1. The molecule has 0 bridgehead atoms. The molecular formula is C29H38FN5. The zero-order valence-corrected chi connectivity index (χ0v) is 22.1. The van der Waals surface area contributed by atoms with Crippen molar-refractivity contribution >= 4 is 22.3 Å². The van der Waals surface area contributed by atoms with Crippen LogP contribution in [0.1, 0.15) is 81.8 Å². The van der Waals surface area contributed by atoms with Crippen molar-refractivity contribution in [2.24, 2.45) is 5.92 Å². The maximum absolute atomic E-state index is 15.4. The molecule has 0 aliphatic rings. The fourth-order valence-electron chi connectivity index (χ4n) is 4.74. The normalized spacial score (nSPS) is 13.8. The third-order valence-electron chi connectivity index (χ3n) is 7.44. The number of nitriles is 1. The van der Waals surface area contributed by atoms with E-state index in [2.05, 4.69) is 47.3 Å². The van der Waals surface area contributed by atoms with Crippen molar-refractivity contribution in [1.82, 2.24) is 10.2 Å². The number of rotatable bonds is 10. The second kappa shape index (κ2) is 11.5. The van der Waals surface area contributed by atoms with Crippen LogP contribution in [0.15, 0.2) is 30.3 Å². The summed E-state index contributed by atoms with van der Waals surface area (Å²) < 4.78 is 15.4. The summed E-state index contributed by atoms with van der Waals surface area (Å²) in [7, 11) is 1.99. The Balaban J connectivity index is 2.00. The van der Waals surface area contributed by atoms with E-state index in [4.69, 9.17) is 0 Å². The Morgan fingerprint density at radius 3 is 2.46 bits per heavy atom. The van der Waals surface area contributed by atoms with Crippen LogP contribution in [0.2, 0.25) is 0 Å². The Bertz CT molecular complexity index is 1220. The lowest BCUT2D eigenvalue weighted by Crippen LogP contribution is -2.32. The second-order valence-corrected chi connectivity index (χ2v) is 9.74. The minimum atomic E-state index is -0.241. The number of nitrogens with one attached hydrogen (secondary N) is 1. The smallest absolute Gasteiger partial charge is 0.157 e. The van der Waals surface area contributed by atoms with Gasteiger partial charge in [0.1, 0.15) is 5.82 Å². The van der Waals surface area contributed by atoms with Gasteiger partial charge in [-0.1, -0.05) is 39.3 Å². The first kappa shape index (κ1) is 26.4. The first-order valence-corrected chi connectivity index (χ1v) is 12.7. The monoisotopic (exact) mass is 475 g/mol. The Labute approximate surface area is 209 Å². The van der Waals surface area contributed by atoms with E-state index < -0.39 is 0 Å². The fraction of sp³-hybridized carbons (Fsp3) is 0.483. The van der Waals surface area contributed by atoms with E-state index in [1.807, 2.05) is 52.1 Å². The van der Waals surface area contributed by atoms with Gasteiger partial charge in [-0.15, -0.1) is 5.10 Å². The molecule has 6 heteroatoms. The van der Waals surface area contributed by atoms with Crippen LogP contribution in [0.25, 0.3) is 10.8 Å². The minimum Gasteiger partial charge on any atom is -0.369 e. The van der Waals surface area contributed by atoms with Crippen molar-refractivity contribution in [1.29, 1.82) is 5.26 Å². The zero-order valence-electron chi connectivity index (χ0n) is 22.1. The first-order valence-electron chi connectivity index (χ1n) is 12.7. The summed E-state index contributed by atoms with van der Waals surface area (Å²) in [6, 6.07) is 11.6. The van der Waals surface area contributed by atoms with Gasteiger partial charge in [-0.3, -0.25) is 0 Å². The highest BCUT2D eigenvalue weighted by Crippen LogP contribution is 2.34. The quantitative estimate of drug-likeness (QED) is 0.329. The summed E-state index contributed by atoms with van der Waals surface area (Å²) in [6.45, 7) is 12.5. The topological polar surface area (TPSA) is 64.8 Å². The molecule has 5 nitrogen and oxygen atoms in total. The average Bonchev–Trinajstić information content (AvgIpc) is 2.85. The lowest BCUT2D eigenvalue weighted by atomic mass is 9.97. The van der Waals surface area contributed by atoms with Crippen molar-refractivity contribution in [2.45, 2.75) is 79.3 Å². The minimum absolute atomic E-state index is 0.103. The van der Waals surface area contributed by atoms with Gasteiger partial charge in [0, 0.05) is 23.9 Å². The van der Waals surface area contributed by atoms with Crippen LogP contribution in [0, 0.1) is 36.9 Å². The molecule has 1 N–H and O–H groups in total. The van der Waals surface area contributed by atoms with Gasteiger partial charge >= 0.3 is 0 Å². The average molecular weight is 476 g/mol. The fourth-order valence-corrected chi connectivity index (χ4v) is 4.74. The number of anilines is 2. The SMILES string of the molecule is CCC(C)CCC(CC)N(C)c1cc2c(N[C@H](C)c3cccc(C#N)c3C)nnc(C)c2cc1F. The summed E-state index contributed by atoms with van der Waals surface area (Å²) in [4.78, 5) is 2.08. The summed E-state index contributed by atoms with van der Waals surface area (Å²) in [5.41, 5.74) is 3.90. The summed E-state index contributed by atoms with van der Waals surface area (Å²) >= 11 is 0. The number of hydrogen-bond donors (Lipinski definition) is 1. The molecular weight excluding hydrogens is 437 g/mol. The van der Waals surface area contributed by atoms with Gasteiger partial charge in [0.25, 0.3) is 0 Å². The molecule has 0 aliphatic heterocycles. The molecule has 3 aromatic rings. The van der Waals surface area contributed by atoms with Crippen molar-refractivity contribution in [3.63, 3.8) is 0 Å². The van der Waals surface area contributed by atoms with Gasteiger partial charge < -0.3 is 10.2 Å². The predicted octanol–water partition coefficient (Wildman–Crippen LogP) is 7.47. The summed E-state index contributed by atoms with van der Waals surface area (Å²) in [6.07, 6.45) is 4.27. The molecule has 0 amide bonds. The third kappa shape index (κ3) is 5.73. The number of benzene rings is 2. The largest absolute Gasteiger partial charge is 0.369 e. The summed E-state index contributed by atoms with van der Waals surface area (Å²) in [5, 5.41) is 23.2. The molecule has 2 unspecified atom stereocenters. The highest BCUT2D eigenvalue weighted by Gasteiger charge is 2.21. The highest BCUT2D eigenvalue weighted by atomic mass is 19.1. The van der Waals surface area contributed by atoms with Gasteiger partial charge in [-0.25, -0.2) is 4.39 Å². The maximum Gasteiger partial charge on any atom is 0.157 e. The van der Waals surface area contributed by atoms with Crippen LogP contribution < -0.4 is 10.2 Å². The van der Waals surface area contributed by atoms with Gasteiger partial charge in [-0.2, -0.15) is 10.4 Å². The van der Waals surface area contributed by atoms with E-state index in [1.54, 1.807) is 6.07 Å².